The van der Waals surface area contributed by atoms with Crippen molar-refractivity contribution in [1.82, 2.24) is 9.21 Å². The van der Waals surface area contributed by atoms with Crippen molar-refractivity contribution in [2.45, 2.75) is 11.1 Å². The van der Waals surface area contributed by atoms with Crippen LogP contribution in [0, 0.1) is 0 Å². The number of esters is 1. The van der Waals surface area contributed by atoms with Gasteiger partial charge in [-0.3, -0.25) is 4.79 Å². The van der Waals surface area contributed by atoms with E-state index in [-0.39, 0.29) is 42.9 Å². The van der Waals surface area contributed by atoms with Gasteiger partial charge in [-0.25, -0.2) is 13.2 Å². The molecule has 7 nitrogen and oxygen atoms in total. The molecular formula is C14H17ClN2O5S2. The van der Waals surface area contributed by atoms with Crippen molar-refractivity contribution in [3.63, 3.8) is 0 Å². The average Bonchev–Trinajstić information content (AvgIpc) is 3.00. The van der Waals surface area contributed by atoms with Crippen molar-refractivity contribution in [1.29, 1.82) is 0 Å². The summed E-state index contributed by atoms with van der Waals surface area (Å²) in [6, 6.07) is 3.01. The van der Waals surface area contributed by atoms with Gasteiger partial charge in [-0.15, -0.1) is 11.3 Å². The van der Waals surface area contributed by atoms with E-state index in [1.807, 2.05) is 0 Å². The van der Waals surface area contributed by atoms with E-state index in [1.165, 1.54) is 33.5 Å². The summed E-state index contributed by atoms with van der Waals surface area (Å²) in [5.74, 6) is -0.925. The molecule has 0 N–H and O–H groups in total. The van der Waals surface area contributed by atoms with Gasteiger partial charge in [0.15, 0.2) is 6.61 Å². The predicted octanol–water partition coefficient (Wildman–Crippen LogP) is 1.35. The molecule has 0 radical (unpaired) electrons. The predicted molar refractivity (Wildman–Crippen MR) is 90.4 cm³/mol. The summed E-state index contributed by atoms with van der Waals surface area (Å²) >= 11 is 6.79. The summed E-state index contributed by atoms with van der Waals surface area (Å²) in [5, 5.41) is 0. The van der Waals surface area contributed by atoms with Crippen molar-refractivity contribution in [3.05, 3.63) is 28.6 Å². The Labute approximate surface area is 149 Å². The first-order valence-corrected chi connectivity index (χ1v) is 9.80. The molecule has 0 atom stereocenters. The first-order chi connectivity index (χ1) is 11.3. The third-order valence-corrected chi connectivity index (χ3v) is 6.97. The maximum atomic E-state index is 12.5. The molecule has 1 aromatic heterocycles. The van der Waals surface area contributed by atoms with Crippen LogP contribution in [0.5, 0.6) is 0 Å². The van der Waals surface area contributed by atoms with Gasteiger partial charge >= 0.3 is 5.97 Å². The van der Waals surface area contributed by atoms with Gasteiger partial charge in [-0.05, 0) is 19.1 Å². The lowest BCUT2D eigenvalue weighted by atomic mass is 10.3. The van der Waals surface area contributed by atoms with Gasteiger partial charge < -0.3 is 9.64 Å². The smallest absolute Gasteiger partial charge is 0.330 e. The molecule has 0 aromatic carbocycles. The van der Waals surface area contributed by atoms with Crippen LogP contribution in [-0.2, 0) is 24.3 Å². The van der Waals surface area contributed by atoms with Crippen molar-refractivity contribution in [2.75, 3.05) is 32.8 Å². The van der Waals surface area contributed by atoms with Gasteiger partial charge in [0.05, 0.1) is 4.34 Å². The van der Waals surface area contributed by atoms with E-state index in [0.717, 1.165) is 11.3 Å². The Balaban J connectivity index is 1.89. The molecular weight excluding hydrogens is 376 g/mol. The van der Waals surface area contributed by atoms with Gasteiger partial charge in [0, 0.05) is 32.3 Å². The van der Waals surface area contributed by atoms with Crippen LogP contribution in [0.1, 0.15) is 6.92 Å². The van der Waals surface area contributed by atoms with Crippen LogP contribution in [-0.4, -0.2) is 62.3 Å². The Bertz CT molecular complexity index is 736. The van der Waals surface area contributed by atoms with Crippen LogP contribution in [0.15, 0.2) is 28.5 Å². The highest BCUT2D eigenvalue weighted by molar-refractivity contribution is 7.91. The van der Waals surface area contributed by atoms with Crippen molar-refractivity contribution < 1.29 is 22.7 Å². The van der Waals surface area contributed by atoms with Crippen LogP contribution in [0.4, 0.5) is 0 Å². The molecule has 1 aliphatic heterocycles. The number of halogens is 1. The molecule has 1 aliphatic rings. The first kappa shape index (κ1) is 18.9. The minimum atomic E-state index is -3.59. The number of ether oxygens (including phenoxy) is 1. The van der Waals surface area contributed by atoms with Gasteiger partial charge in [-0.1, -0.05) is 17.7 Å². The summed E-state index contributed by atoms with van der Waals surface area (Å²) in [6.07, 6.45) is 2.75. The van der Waals surface area contributed by atoms with Crippen LogP contribution in [0.25, 0.3) is 0 Å². The maximum absolute atomic E-state index is 12.5. The number of hydrogen-bond donors (Lipinski definition) is 0. The molecule has 0 saturated carbocycles. The number of thiophene rings is 1. The van der Waals surface area contributed by atoms with Crippen molar-refractivity contribution in [2.24, 2.45) is 0 Å². The van der Waals surface area contributed by atoms with E-state index in [9.17, 15) is 18.0 Å². The number of nitrogens with zero attached hydrogens (tertiary/aromatic N) is 2. The Morgan fingerprint density at radius 2 is 1.96 bits per heavy atom. The summed E-state index contributed by atoms with van der Waals surface area (Å²) in [6.45, 7) is 2.19. The van der Waals surface area contributed by atoms with Gasteiger partial charge in [0.25, 0.3) is 15.9 Å². The minimum absolute atomic E-state index is 0.187. The Kier molecular flexibility index (Phi) is 6.39. The molecule has 1 saturated heterocycles. The molecule has 2 heterocycles. The monoisotopic (exact) mass is 392 g/mol. The summed E-state index contributed by atoms with van der Waals surface area (Å²) in [5.41, 5.74) is 0. The number of carbonyl (C=O) groups is 2. The summed E-state index contributed by atoms with van der Waals surface area (Å²) in [4.78, 5) is 24.7. The topological polar surface area (TPSA) is 84.0 Å². The molecule has 24 heavy (non-hydrogen) atoms. The number of rotatable bonds is 5. The fourth-order valence-corrected chi connectivity index (χ4v) is 5.21. The SMILES string of the molecule is C/C=C/C(=O)OCC(=O)N1CCN(S(=O)(=O)c2ccc(Cl)s2)CC1. The molecule has 0 spiro atoms. The Morgan fingerprint density at radius 3 is 2.50 bits per heavy atom. The second kappa shape index (κ2) is 8.11. The number of amides is 1. The minimum Gasteiger partial charge on any atom is -0.452 e. The molecule has 1 fully saturated rings. The lowest BCUT2D eigenvalue weighted by molar-refractivity contribution is -0.148. The van der Waals surface area contributed by atoms with E-state index in [4.69, 9.17) is 16.3 Å². The molecule has 0 aliphatic carbocycles. The summed E-state index contributed by atoms with van der Waals surface area (Å²) in [7, 11) is -3.59. The fourth-order valence-electron chi connectivity index (χ4n) is 2.15. The van der Waals surface area contributed by atoms with Crippen molar-refractivity contribution in [3.8, 4) is 0 Å². The zero-order chi connectivity index (χ0) is 17.7. The van der Waals surface area contributed by atoms with E-state index in [0.29, 0.717) is 4.34 Å². The average molecular weight is 393 g/mol. The van der Waals surface area contributed by atoms with E-state index in [2.05, 4.69) is 0 Å². The molecule has 0 bridgehead atoms. The fraction of sp³-hybridized carbons (Fsp3) is 0.429. The molecule has 0 unspecified atom stereocenters. The number of hydrogen-bond acceptors (Lipinski definition) is 6. The van der Waals surface area contributed by atoms with E-state index < -0.39 is 16.0 Å². The largest absolute Gasteiger partial charge is 0.452 e. The maximum Gasteiger partial charge on any atom is 0.330 e. The van der Waals surface area contributed by atoms with Gasteiger partial charge in [0.2, 0.25) is 0 Å². The molecule has 2 rings (SSSR count). The van der Waals surface area contributed by atoms with E-state index >= 15 is 0 Å². The summed E-state index contributed by atoms with van der Waals surface area (Å²) < 4.78 is 31.6. The van der Waals surface area contributed by atoms with Crippen LogP contribution < -0.4 is 0 Å². The highest BCUT2D eigenvalue weighted by Gasteiger charge is 2.31. The normalized spacial score (nSPS) is 16.5. The molecule has 1 amide bonds. The van der Waals surface area contributed by atoms with Crippen LogP contribution >= 0.6 is 22.9 Å². The standard InChI is InChI=1S/C14H17ClN2O5S2/c1-2-3-13(19)22-10-12(18)16-6-8-17(9-7-16)24(20,21)14-5-4-11(15)23-14/h2-5H,6-10H2,1H3/b3-2+. The third-order valence-electron chi connectivity index (χ3n) is 3.37. The highest BCUT2D eigenvalue weighted by Crippen LogP contribution is 2.28. The van der Waals surface area contributed by atoms with Crippen LogP contribution in [0.2, 0.25) is 4.34 Å². The number of sulfonamides is 1. The number of allylic oxidation sites excluding steroid dienone is 1. The van der Waals surface area contributed by atoms with Crippen molar-refractivity contribution >= 4 is 44.8 Å². The molecule has 10 heteroatoms. The quantitative estimate of drug-likeness (QED) is 0.558. The number of piperazine rings is 1. The zero-order valence-corrected chi connectivity index (χ0v) is 15.4. The number of carbonyl (C=O) groups excluding carboxylic acids is 2. The zero-order valence-electron chi connectivity index (χ0n) is 13.0. The molecule has 1 aromatic rings. The van der Waals surface area contributed by atoms with Gasteiger partial charge in [-0.2, -0.15) is 4.31 Å². The van der Waals surface area contributed by atoms with Crippen LogP contribution in [0.3, 0.4) is 0 Å². The highest BCUT2D eigenvalue weighted by atomic mass is 35.5. The molecule has 132 valence electrons. The first-order valence-electron chi connectivity index (χ1n) is 7.17. The Hall–Kier alpha value is -1.42. The lowest BCUT2D eigenvalue weighted by Gasteiger charge is -2.33. The van der Waals surface area contributed by atoms with Gasteiger partial charge in [0.1, 0.15) is 4.21 Å². The third kappa shape index (κ3) is 4.56. The second-order valence-electron chi connectivity index (χ2n) is 4.95. The van der Waals surface area contributed by atoms with E-state index in [1.54, 1.807) is 6.92 Å². The Morgan fingerprint density at radius 1 is 1.29 bits per heavy atom. The lowest BCUT2D eigenvalue weighted by Crippen LogP contribution is -2.51. The second-order valence-corrected chi connectivity index (χ2v) is 8.83.